The van der Waals surface area contributed by atoms with Gasteiger partial charge in [-0.05, 0) is 30.6 Å². The van der Waals surface area contributed by atoms with Crippen molar-refractivity contribution in [2.75, 3.05) is 6.61 Å². The highest BCUT2D eigenvalue weighted by Crippen LogP contribution is 2.61. The predicted octanol–water partition coefficient (Wildman–Crippen LogP) is 3.04. The molecule has 0 amide bonds. The van der Waals surface area contributed by atoms with Crippen LogP contribution in [0.4, 0.5) is 0 Å². The molecule has 3 aliphatic rings. The minimum atomic E-state index is -1.00. The van der Waals surface area contributed by atoms with Crippen molar-refractivity contribution in [1.29, 1.82) is 0 Å². The summed E-state index contributed by atoms with van der Waals surface area (Å²) in [6.07, 6.45) is 2.11. The van der Waals surface area contributed by atoms with Gasteiger partial charge in [0.05, 0.1) is 18.3 Å². The second-order valence-electron chi connectivity index (χ2n) is 9.48. The van der Waals surface area contributed by atoms with Crippen LogP contribution in [0.5, 0.6) is 0 Å². The van der Waals surface area contributed by atoms with Crippen molar-refractivity contribution in [3.63, 3.8) is 0 Å². The fourth-order valence-corrected chi connectivity index (χ4v) is 5.75. The Bertz CT molecular complexity index is 802. The van der Waals surface area contributed by atoms with Crippen molar-refractivity contribution in [2.24, 2.45) is 22.7 Å². The first-order valence-corrected chi connectivity index (χ1v) is 10.0. The lowest BCUT2D eigenvalue weighted by Gasteiger charge is -2.56. The molecule has 6 nitrogen and oxygen atoms in total. The van der Waals surface area contributed by atoms with E-state index >= 15 is 0 Å². The SMILES string of the molecule is CC(=O)OCC(C)C1=C(O)C2=C(C(=O)C1=O)C1(C)CCCC(C)(C)C1CC2O. The average Bonchev–Trinajstić information content (AvgIpc) is 2.58. The van der Waals surface area contributed by atoms with Crippen molar-refractivity contribution >= 4 is 17.5 Å². The van der Waals surface area contributed by atoms with Crippen molar-refractivity contribution in [3.05, 3.63) is 22.5 Å². The number of carbonyl (C=O) groups excluding carboxylic acids is 3. The molecule has 0 aromatic rings. The van der Waals surface area contributed by atoms with Crippen molar-refractivity contribution < 1.29 is 29.3 Å². The van der Waals surface area contributed by atoms with Gasteiger partial charge >= 0.3 is 5.97 Å². The van der Waals surface area contributed by atoms with E-state index in [0.29, 0.717) is 6.42 Å². The Morgan fingerprint density at radius 1 is 1.21 bits per heavy atom. The van der Waals surface area contributed by atoms with Crippen LogP contribution in [0.25, 0.3) is 0 Å². The van der Waals surface area contributed by atoms with Gasteiger partial charge in [-0.25, -0.2) is 0 Å². The molecule has 28 heavy (non-hydrogen) atoms. The highest BCUT2D eigenvalue weighted by Gasteiger charge is 2.57. The number of fused-ring (bicyclic) bond motifs is 2. The lowest BCUT2D eigenvalue weighted by atomic mass is 9.48. The van der Waals surface area contributed by atoms with Crippen LogP contribution in [0, 0.1) is 22.7 Å². The maximum atomic E-state index is 13.2. The number of Topliss-reactive ketones (excluding diaryl/α,β-unsaturated/α-hetero) is 2. The van der Waals surface area contributed by atoms with Gasteiger partial charge in [0.25, 0.3) is 0 Å². The van der Waals surface area contributed by atoms with Gasteiger partial charge in [0.2, 0.25) is 11.6 Å². The van der Waals surface area contributed by atoms with Crippen molar-refractivity contribution in [2.45, 2.75) is 66.4 Å². The highest BCUT2D eigenvalue weighted by molar-refractivity contribution is 6.50. The van der Waals surface area contributed by atoms with E-state index in [1.807, 2.05) is 6.92 Å². The first-order chi connectivity index (χ1) is 12.9. The minimum Gasteiger partial charge on any atom is -0.507 e. The summed E-state index contributed by atoms with van der Waals surface area (Å²) in [5, 5.41) is 21.8. The molecular weight excluding hydrogens is 360 g/mol. The summed E-state index contributed by atoms with van der Waals surface area (Å²) in [6.45, 7) is 9.04. The maximum Gasteiger partial charge on any atom is 0.302 e. The molecule has 0 spiro atoms. The number of allylic oxidation sites excluding steroid dienone is 1. The Kier molecular flexibility index (Phi) is 5.07. The molecule has 0 heterocycles. The van der Waals surface area contributed by atoms with Crippen LogP contribution in [-0.2, 0) is 19.1 Å². The standard InChI is InChI=1S/C22H30O6/c1-11(10-28-12(2)23)15-18(25)16-13(24)9-14-21(3,4)7-6-8-22(14,5)17(16)20(27)19(15)26/h11,13-14,24-25H,6-10H2,1-5H3. The van der Waals surface area contributed by atoms with Crippen LogP contribution in [0.3, 0.4) is 0 Å². The van der Waals surface area contributed by atoms with Gasteiger partial charge < -0.3 is 14.9 Å². The molecule has 1 saturated carbocycles. The zero-order valence-electron chi connectivity index (χ0n) is 17.3. The Hall–Kier alpha value is -1.95. The van der Waals surface area contributed by atoms with Crippen LogP contribution in [-0.4, -0.2) is 40.5 Å². The number of ether oxygens (including phenoxy) is 1. The van der Waals surface area contributed by atoms with Crippen molar-refractivity contribution in [3.8, 4) is 0 Å². The molecule has 0 aliphatic heterocycles. The number of hydrogen-bond donors (Lipinski definition) is 2. The zero-order chi connectivity index (χ0) is 21.0. The van der Waals surface area contributed by atoms with Crippen LogP contribution in [0.15, 0.2) is 22.5 Å². The van der Waals surface area contributed by atoms with Crippen molar-refractivity contribution in [1.82, 2.24) is 0 Å². The van der Waals surface area contributed by atoms with Gasteiger partial charge in [0, 0.05) is 29.4 Å². The third-order valence-corrected chi connectivity index (χ3v) is 7.08. The number of rotatable bonds is 3. The third-order valence-electron chi connectivity index (χ3n) is 7.08. The molecular formula is C22H30O6. The highest BCUT2D eigenvalue weighted by atomic mass is 16.5. The fraction of sp³-hybridized carbons (Fsp3) is 0.682. The van der Waals surface area contributed by atoms with E-state index in [1.165, 1.54) is 6.92 Å². The second kappa shape index (κ2) is 6.83. The number of carbonyl (C=O) groups is 3. The van der Waals surface area contributed by atoms with Crippen LogP contribution in [0.1, 0.15) is 60.3 Å². The molecule has 1 fully saturated rings. The quantitative estimate of drug-likeness (QED) is 0.436. The molecule has 0 saturated heterocycles. The first-order valence-electron chi connectivity index (χ1n) is 10.0. The molecule has 0 radical (unpaired) electrons. The molecule has 0 bridgehead atoms. The van der Waals surface area contributed by atoms with Gasteiger partial charge in [-0.3, -0.25) is 14.4 Å². The summed E-state index contributed by atoms with van der Waals surface area (Å²) in [6, 6.07) is 0. The van der Waals surface area contributed by atoms with E-state index in [4.69, 9.17) is 4.74 Å². The second-order valence-corrected chi connectivity index (χ2v) is 9.48. The molecule has 3 rings (SSSR count). The van der Waals surface area contributed by atoms with E-state index in [0.717, 1.165) is 19.3 Å². The monoisotopic (exact) mass is 390 g/mol. The summed E-state index contributed by atoms with van der Waals surface area (Å²) < 4.78 is 4.96. The summed E-state index contributed by atoms with van der Waals surface area (Å²) in [5.41, 5.74) is -0.207. The Morgan fingerprint density at radius 2 is 1.86 bits per heavy atom. The molecule has 4 atom stereocenters. The summed E-state index contributed by atoms with van der Waals surface area (Å²) >= 11 is 0. The number of hydrogen-bond acceptors (Lipinski definition) is 6. The summed E-state index contributed by atoms with van der Waals surface area (Å²) in [4.78, 5) is 37.2. The van der Waals surface area contributed by atoms with Gasteiger partial charge in [0.1, 0.15) is 5.76 Å². The smallest absolute Gasteiger partial charge is 0.302 e. The maximum absolute atomic E-state index is 13.2. The molecule has 3 aliphatic carbocycles. The Morgan fingerprint density at radius 3 is 2.46 bits per heavy atom. The van der Waals surface area contributed by atoms with E-state index in [9.17, 15) is 24.6 Å². The van der Waals surface area contributed by atoms with Gasteiger partial charge in [-0.1, -0.05) is 34.1 Å². The lowest BCUT2D eigenvalue weighted by molar-refractivity contribution is -0.142. The molecule has 0 aromatic carbocycles. The summed E-state index contributed by atoms with van der Waals surface area (Å²) in [5.74, 6) is -2.80. The topological polar surface area (TPSA) is 101 Å². The molecule has 2 N–H and O–H groups in total. The third kappa shape index (κ3) is 3.02. The molecule has 6 heteroatoms. The minimum absolute atomic E-state index is 0.0482. The van der Waals surface area contributed by atoms with Gasteiger partial charge in [0.15, 0.2) is 0 Å². The average molecular weight is 390 g/mol. The molecule has 4 unspecified atom stereocenters. The van der Waals surface area contributed by atoms with Crippen LogP contribution >= 0.6 is 0 Å². The number of aliphatic hydroxyl groups excluding tert-OH is 2. The van der Waals surface area contributed by atoms with E-state index in [-0.39, 0.29) is 40.4 Å². The molecule has 0 aromatic heterocycles. The molecule has 154 valence electrons. The van der Waals surface area contributed by atoms with E-state index in [1.54, 1.807) is 6.92 Å². The van der Waals surface area contributed by atoms with Gasteiger partial charge in [-0.15, -0.1) is 0 Å². The van der Waals surface area contributed by atoms with Crippen LogP contribution < -0.4 is 0 Å². The first kappa shape index (κ1) is 20.8. The zero-order valence-corrected chi connectivity index (χ0v) is 17.3. The number of aliphatic hydroxyl groups is 2. The normalized spacial score (nSPS) is 33.4. The lowest BCUT2D eigenvalue weighted by Crippen LogP contribution is -2.52. The Labute approximate surface area is 165 Å². The number of esters is 1. The predicted molar refractivity (Wildman–Crippen MR) is 102 cm³/mol. The fourth-order valence-electron chi connectivity index (χ4n) is 5.75. The Balaban J connectivity index is 2.14. The largest absolute Gasteiger partial charge is 0.507 e. The van der Waals surface area contributed by atoms with Crippen LogP contribution in [0.2, 0.25) is 0 Å². The number of ketones is 2. The summed E-state index contributed by atoms with van der Waals surface area (Å²) in [7, 11) is 0. The van der Waals surface area contributed by atoms with E-state index < -0.39 is 35.0 Å². The van der Waals surface area contributed by atoms with Gasteiger partial charge in [-0.2, -0.15) is 0 Å². The van der Waals surface area contributed by atoms with E-state index in [2.05, 4.69) is 13.8 Å².